The lowest BCUT2D eigenvalue weighted by molar-refractivity contribution is -0.150. The van der Waals surface area contributed by atoms with Crippen LogP contribution in [0.25, 0.3) is 0 Å². The molecule has 27 heavy (non-hydrogen) atoms. The summed E-state index contributed by atoms with van der Waals surface area (Å²) in [6.45, 7) is 14.8. The molecule has 0 saturated carbocycles. The Labute approximate surface area is 164 Å². The Morgan fingerprint density at radius 3 is 1.93 bits per heavy atom. The summed E-state index contributed by atoms with van der Waals surface area (Å²) in [5.41, 5.74) is 0.871. The van der Waals surface area contributed by atoms with E-state index in [1.165, 1.54) is 0 Å². The van der Waals surface area contributed by atoms with Gasteiger partial charge in [-0.2, -0.15) is 0 Å². The van der Waals surface area contributed by atoms with Crippen LogP contribution < -0.4 is 0 Å². The van der Waals surface area contributed by atoms with Gasteiger partial charge in [0, 0.05) is 12.0 Å². The van der Waals surface area contributed by atoms with E-state index < -0.39 is 11.1 Å². The van der Waals surface area contributed by atoms with E-state index in [9.17, 15) is 20.1 Å². The van der Waals surface area contributed by atoms with E-state index in [-0.39, 0.29) is 36.7 Å². The highest BCUT2D eigenvalue weighted by molar-refractivity contribution is 5.78. The minimum Gasteiger partial charge on any atom is -0.507 e. The van der Waals surface area contributed by atoms with Crippen LogP contribution in [0.15, 0.2) is 12.1 Å². The molecule has 1 rings (SSSR count). The van der Waals surface area contributed by atoms with E-state index >= 15 is 0 Å². The lowest BCUT2D eigenvalue weighted by atomic mass is 9.83. The van der Waals surface area contributed by atoms with Crippen molar-refractivity contribution in [3.8, 4) is 5.75 Å². The quantitative estimate of drug-likeness (QED) is 0.708. The average Bonchev–Trinajstić information content (AvgIpc) is 2.52. The topological polar surface area (TPSA) is 81.0 Å². The summed E-state index contributed by atoms with van der Waals surface area (Å²) < 4.78 is 0. The van der Waals surface area contributed by atoms with Crippen LogP contribution in [0.2, 0.25) is 0 Å². The van der Waals surface area contributed by atoms with Crippen molar-refractivity contribution >= 4 is 5.91 Å². The highest BCUT2D eigenvalue weighted by Gasteiger charge is 2.40. The second-order valence-corrected chi connectivity index (χ2v) is 9.78. The molecule has 0 aromatic heterocycles. The van der Waals surface area contributed by atoms with Crippen molar-refractivity contribution in [3.63, 3.8) is 0 Å². The molecule has 0 aliphatic rings. The fourth-order valence-corrected chi connectivity index (χ4v) is 3.65. The van der Waals surface area contributed by atoms with Crippen LogP contribution >= 0.6 is 0 Å². The number of aryl methyl sites for hydroxylation is 2. The molecule has 3 N–H and O–H groups in total. The summed E-state index contributed by atoms with van der Waals surface area (Å²) in [5, 5.41) is 30.2. The first-order valence-corrected chi connectivity index (χ1v) is 9.55. The molecule has 0 atom stereocenters. The predicted octanol–water partition coefficient (Wildman–Crippen LogP) is 3.30. The predicted molar refractivity (Wildman–Crippen MR) is 109 cm³/mol. The summed E-state index contributed by atoms with van der Waals surface area (Å²) in [6.07, 6.45) is 0.586. The zero-order valence-corrected chi connectivity index (χ0v) is 18.2. The van der Waals surface area contributed by atoms with Crippen molar-refractivity contribution in [2.24, 2.45) is 0 Å². The number of hydrogen-bond donors (Lipinski definition) is 3. The zero-order chi connectivity index (χ0) is 21.2. The van der Waals surface area contributed by atoms with Gasteiger partial charge in [0.1, 0.15) is 5.75 Å². The number of phenolic OH excluding ortho intramolecular Hbond substituents is 1. The Bertz CT molecular complexity index is 664. The summed E-state index contributed by atoms with van der Waals surface area (Å²) in [6, 6.07) is 3.90. The number of aromatic hydroxyl groups is 1. The largest absolute Gasteiger partial charge is 0.507 e. The minimum absolute atomic E-state index is 0.161. The van der Waals surface area contributed by atoms with Crippen molar-refractivity contribution < 1.29 is 20.1 Å². The molecule has 0 bridgehead atoms. The van der Waals surface area contributed by atoms with Crippen LogP contribution in [0.5, 0.6) is 5.75 Å². The maximum atomic E-state index is 13.0. The molecule has 154 valence electrons. The van der Waals surface area contributed by atoms with E-state index in [0.29, 0.717) is 6.42 Å². The number of aliphatic hydroxyl groups is 2. The molecule has 1 amide bonds. The first kappa shape index (κ1) is 23.4. The van der Waals surface area contributed by atoms with Gasteiger partial charge in [-0.15, -0.1) is 0 Å². The second kappa shape index (κ2) is 8.19. The van der Waals surface area contributed by atoms with Crippen molar-refractivity contribution in [1.29, 1.82) is 0 Å². The Hall–Kier alpha value is -1.59. The summed E-state index contributed by atoms with van der Waals surface area (Å²) in [4.78, 5) is 14.6. The number of hydrogen-bond acceptors (Lipinski definition) is 4. The Kier molecular flexibility index (Phi) is 7.11. The maximum absolute atomic E-state index is 13.0. The zero-order valence-electron chi connectivity index (χ0n) is 18.2. The fourth-order valence-electron chi connectivity index (χ4n) is 3.65. The molecule has 0 radical (unpaired) electrons. The van der Waals surface area contributed by atoms with Crippen molar-refractivity contribution in [2.45, 2.75) is 84.7 Å². The van der Waals surface area contributed by atoms with Crippen LogP contribution in [0.1, 0.15) is 71.6 Å². The average molecular weight is 380 g/mol. The van der Waals surface area contributed by atoms with Gasteiger partial charge >= 0.3 is 0 Å². The molecule has 0 aliphatic carbocycles. The van der Waals surface area contributed by atoms with Crippen molar-refractivity contribution in [3.05, 3.63) is 28.8 Å². The maximum Gasteiger partial charge on any atom is 0.223 e. The normalized spacial score (nSPS) is 13.0. The third-order valence-electron chi connectivity index (χ3n) is 4.89. The number of carbonyl (C=O) groups is 1. The van der Waals surface area contributed by atoms with Gasteiger partial charge in [-0.25, -0.2) is 0 Å². The number of carbonyl (C=O) groups excluding carboxylic acids is 1. The lowest BCUT2D eigenvalue weighted by Crippen LogP contribution is -2.62. The molecule has 1 aromatic carbocycles. The van der Waals surface area contributed by atoms with E-state index in [4.69, 9.17) is 0 Å². The van der Waals surface area contributed by atoms with E-state index in [0.717, 1.165) is 16.7 Å². The molecule has 0 heterocycles. The molecule has 5 heteroatoms. The molecule has 0 aliphatic heterocycles. The Morgan fingerprint density at radius 1 is 1.00 bits per heavy atom. The Morgan fingerprint density at radius 2 is 1.52 bits per heavy atom. The number of rotatable bonds is 6. The second-order valence-electron chi connectivity index (χ2n) is 9.78. The third kappa shape index (κ3) is 5.45. The van der Waals surface area contributed by atoms with Gasteiger partial charge in [0.05, 0.1) is 18.8 Å². The van der Waals surface area contributed by atoms with Crippen LogP contribution in [-0.4, -0.2) is 50.4 Å². The summed E-state index contributed by atoms with van der Waals surface area (Å²) in [7, 11) is 0. The Balaban J connectivity index is 3.16. The first-order valence-electron chi connectivity index (χ1n) is 9.55. The van der Waals surface area contributed by atoms with Crippen molar-refractivity contribution in [1.82, 2.24) is 4.90 Å². The minimum atomic E-state index is -1.04. The number of amides is 1. The standard InChI is InChI=1S/C22H37NO4/c1-15-11-16(19(27)17(12-15)20(2,3)4)9-10-18(26)23(21(5,6)7)22(8,13-24)14-25/h11-12,24-25,27H,9-10,13-14H2,1-8H3. The SMILES string of the molecule is Cc1cc(CCC(=O)N(C(C)(C)C)C(C)(CO)CO)c(O)c(C(C)(C)C)c1. The highest BCUT2D eigenvalue weighted by atomic mass is 16.3. The number of benzene rings is 1. The first-order chi connectivity index (χ1) is 12.2. The fraction of sp³-hybridized carbons (Fsp3) is 0.682. The summed E-state index contributed by atoms with van der Waals surface area (Å²) >= 11 is 0. The van der Waals surface area contributed by atoms with Gasteiger partial charge in [0.15, 0.2) is 0 Å². The van der Waals surface area contributed by atoms with Gasteiger partial charge in [-0.1, -0.05) is 38.5 Å². The highest BCUT2D eigenvalue weighted by Crippen LogP contribution is 2.35. The number of phenols is 1. The van der Waals surface area contributed by atoms with E-state index in [2.05, 4.69) is 0 Å². The molecular weight excluding hydrogens is 342 g/mol. The van der Waals surface area contributed by atoms with Gasteiger partial charge in [0.25, 0.3) is 0 Å². The summed E-state index contributed by atoms with van der Waals surface area (Å²) in [5.74, 6) is 0.0848. The monoisotopic (exact) mass is 379 g/mol. The molecule has 0 unspecified atom stereocenters. The van der Waals surface area contributed by atoms with Gasteiger partial charge in [-0.05, 0) is 57.6 Å². The van der Waals surface area contributed by atoms with Crippen LogP contribution in [0.4, 0.5) is 0 Å². The molecule has 1 aromatic rings. The van der Waals surface area contributed by atoms with Gasteiger partial charge in [-0.3, -0.25) is 4.79 Å². The van der Waals surface area contributed by atoms with Gasteiger partial charge in [0.2, 0.25) is 5.91 Å². The van der Waals surface area contributed by atoms with Crippen LogP contribution in [0, 0.1) is 6.92 Å². The third-order valence-corrected chi connectivity index (χ3v) is 4.89. The van der Waals surface area contributed by atoms with Gasteiger partial charge < -0.3 is 20.2 Å². The van der Waals surface area contributed by atoms with E-state index in [1.54, 1.807) is 11.8 Å². The van der Waals surface area contributed by atoms with E-state index in [1.807, 2.05) is 60.6 Å². The molecule has 0 saturated heterocycles. The lowest BCUT2D eigenvalue weighted by Gasteiger charge is -2.47. The number of nitrogens with zero attached hydrogens (tertiary/aromatic N) is 1. The van der Waals surface area contributed by atoms with Crippen LogP contribution in [-0.2, 0) is 16.6 Å². The smallest absolute Gasteiger partial charge is 0.223 e. The molecule has 0 spiro atoms. The molecule has 0 fully saturated rings. The number of aliphatic hydroxyl groups excluding tert-OH is 2. The van der Waals surface area contributed by atoms with Crippen molar-refractivity contribution in [2.75, 3.05) is 13.2 Å². The molecule has 5 nitrogen and oxygen atoms in total. The molecular formula is C22H37NO4. The van der Waals surface area contributed by atoms with Crippen LogP contribution in [0.3, 0.4) is 0 Å².